The summed E-state index contributed by atoms with van der Waals surface area (Å²) in [5.41, 5.74) is 5.02. The number of ether oxygens (including phenoxy) is 1. The lowest BCUT2D eigenvalue weighted by Gasteiger charge is -2.31. The molecule has 0 bridgehead atoms. The Hall–Kier alpha value is -3.19. The van der Waals surface area contributed by atoms with Crippen LogP contribution in [0.25, 0.3) is 11.1 Å². The first-order chi connectivity index (χ1) is 15.8. The molecule has 1 aliphatic heterocycles. The van der Waals surface area contributed by atoms with Crippen molar-refractivity contribution in [1.82, 2.24) is 24.6 Å². The quantitative estimate of drug-likeness (QED) is 0.556. The lowest BCUT2D eigenvalue weighted by atomic mass is 9.79. The summed E-state index contributed by atoms with van der Waals surface area (Å²) in [5, 5.41) is 4.51. The first-order valence-electron chi connectivity index (χ1n) is 11.3. The molecule has 1 saturated heterocycles. The minimum atomic E-state index is -0.442. The molecule has 174 valence electrons. The van der Waals surface area contributed by atoms with E-state index in [-0.39, 0.29) is 5.91 Å². The molecule has 7 heteroatoms. The van der Waals surface area contributed by atoms with Crippen molar-refractivity contribution in [2.45, 2.75) is 26.3 Å². The zero-order chi connectivity index (χ0) is 23.6. The van der Waals surface area contributed by atoms with Crippen molar-refractivity contribution in [3.05, 3.63) is 65.6 Å². The van der Waals surface area contributed by atoms with Gasteiger partial charge in [0.2, 0.25) is 11.8 Å². The second-order valence-corrected chi connectivity index (χ2v) is 9.25. The van der Waals surface area contributed by atoms with Crippen molar-refractivity contribution in [3.63, 3.8) is 0 Å². The summed E-state index contributed by atoms with van der Waals surface area (Å²) in [6.45, 7) is 4.32. The number of hydrogen-bond acceptors (Lipinski definition) is 5. The van der Waals surface area contributed by atoms with Gasteiger partial charge < -0.3 is 9.64 Å². The van der Waals surface area contributed by atoms with Crippen LogP contribution in [0.3, 0.4) is 0 Å². The van der Waals surface area contributed by atoms with Crippen LogP contribution in [-0.4, -0.2) is 64.8 Å². The first kappa shape index (κ1) is 23.0. The van der Waals surface area contributed by atoms with Crippen molar-refractivity contribution in [2.75, 3.05) is 34.3 Å². The van der Waals surface area contributed by atoms with Crippen LogP contribution in [0, 0.1) is 12.3 Å². The standard InChI is InChI=1S/C26H33N5O2/c1-19-23(24(33-5)30(4)28-19)17-31-14-12-26(18-31,25(32)29(2)3)15-20-8-10-21(11-9-20)22-7-6-13-27-16-22/h6-11,13,16H,12,14-15,17-18H2,1-5H3. The summed E-state index contributed by atoms with van der Waals surface area (Å²) in [4.78, 5) is 21.7. The Morgan fingerprint density at radius 1 is 1.18 bits per heavy atom. The Morgan fingerprint density at radius 3 is 2.58 bits per heavy atom. The number of methoxy groups -OCH3 is 1. The third-order valence-electron chi connectivity index (χ3n) is 6.65. The van der Waals surface area contributed by atoms with Gasteiger partial charge in [0.1, 0.15) is 0 Å². The Kier molecular flexibility index (Phi) is 6.51. The molecule has 0 radical (unpaired) electrons. The van der Waals surface area contributed by atoms with Crippen molar-refractivity contribution in [2.24, 2.45) is 12.5 Å². The largest absolute Gasteiger partial charge is 0.481 e. The van der Waals surface area contributed by atoms with E-state index in [1.165, 1.54) is 5.56 Å². The Balaban J connectivity index is 1.55. The Morgan fingerprint density at radius 2 is 1.94 bits per heavy atom. The smallest absolute Gasteiger partial charge is 0.229 e. The molecule has 0 aliphatic carbocycles. The number of nitrogens with zero attached hydrogens (tertiary/aromatic N) is 5. The van der Waals surface area contributed by atoms with E-state index in [1.807, 2.05) is 40.3 Å². The molecule has 1 fully saturated rings. The molecule has 33 heavy (non-hydrogen) atoms. The molecule has 0 spiro atoms. The summed E-state index contributed by atoms with van der Waals surface area (Å²) < 4.78 is 7.36. The number of carbonyl (C=O) groups excluding carboxylic acids is 1. The number of carbonyl (C=O) groups is 1. The predicted molar refractivity (Wildman–Crippen MR) is 129 cm³/mol. The van der Waals surface area contributed by atoms with Gasteiger partial charge in [-0.05, 0) is 49.1 Å². The maximum Gasteiger partial charge on any atom is 0.229 e. The van der Waals surface area contributed by atoms with Crippen LogP contribution in [0.2, 0.25) is 0 Å². The minimum absolute atomic E-state index is 0.191. The Bertz CT molecular complexity index is 1110. The average molecular weight is 448 g/mol. The number of rotatable bonds is 7. The maximum atomic E-state index is 13.4. The molecule has 3 aromatic rings. The van der Waals surface area contributed by atoms with Crippen molar-refractivity contribution in [1.29, 1.82) is 0 Å². The molecule has 3 heterocycles. The monoisotopic (exact) mass is 447 g/mol. The number of pyridine rings is 1. The van der Waals surface area contributed by atoms with E-state index in [0.717, 1.165) is 54.2 Å². The average Bonchev–Trinajstić information content (AvgIpc) is 3.34. The fraction of sp³-hybridized carbons (Fsp3) is 0.423. The zero-order valence-electron chi connectivity index (χ0n) is 20.2. The van der Waals surface area contributed by atoms with Crippen molar-refractivity contribution in [3.8, 4) is 17.0 Å². The summed E-state index contributed by atoms with van der Waals surface area (Å²) in [6.07, 6.45) is 5.20. The van der Waals surface area contributed by atoms with Crippen molar-refractivity contribution < 1.29 is 9.53 Å². The number of likely N-dealkylation sites (tertiary alicyclic amines) is 1. The van der Waals surface area contributed by atoms with Crippen LogP contribution in [-0.2, 0) is 24.8 Å². The van der Waals surface area contributed by atoms with E-state index < -0.39 is 5.41 Å². The van der Waals surface area contributed by atoms with Crippen LogP contribution < -0.4 is 4.74 Å². The third-order valence-corrected chi connectivity index (χ3v) is 6.65. The highest BCUT2D eigenvalue weighted by Crippen LogP contribution is 2.38. The van der Waals surface area contributed by atoms with Gasteiger partial charge in [0.25, 0.3) is 0 Å². The fourth-order valence-corrected chi connectivity index (χ4v) is 5.04. The van der Waals surface area contributed by atoms with Crippen LogP contribution in [0.5, 0.6) is 5.88 Å². The first-order valence-corrected chi connectivity index (χ1v) is 11.3. The summed E-state index contributed by atoms with van der Waals surface area (Å²) in [7, 11) is 7.28. The van der Waals surface area contributed by atoms with Gasteiger partial charge in [0, 0.05) is 46.6 Å². The summed E-state index contributed by atoms with van der Waals surface area (Å²) >= 11 is 0. The van der Waals surface area contributed by atoms with Gasteiger partial charge in [-0.2, -0.15) is 5.10 Å². The fourth-order valence-electron chi connectivity index (χ4n) is 5.04. The number of amides is 1. The molecule has 2 aromatic heterocycles. The van der Waals surface area contributed by atoms with E-state index in [9.17, 15) is 4.79 Å². The van der Waals surface area contributed by atoms with Gasteiger partial charge in [-0.1, -0.05) is 30.3 Å². The highest BCUT2D eigenvalue weighted by molar-refractivity contribution is 5.83. The van der Waals surface area contributed by atoms with Gasteiger partial charge in [0.05, 0.1) is 23.8 Å². The Labute approximate surface area is 196 Å². The van der Waals surface area contributed by atoms with E-state index in [0.29, 0.717) is 6.54 Å². The molecule has 1 aromatic carbocycles. The highest BCUT2D eigenvalue weighted by Gasteiger charge is 2.45. The normalized spacial score (nSPS) is 18.5. The number of benzene rings is 1. The van der Waals surface area contributed by atoms with Gasteiger partial charge in [-0.25, -0.2) is 4.68 Å². The van der Waals surface area contributed by atoms with Crippen LogP contribution in [0.4, 0.5) is 0 Å². The number of aryl methyl sites for hydroxylation is 2. The van der Waals surface area contributed by atoms with Crippen LogP contribution in [0.1, 0.15) is 23.2 Å². The molecular formula is C26H33N5O2. The van der Waals surface area contributed by atoms with Crippen LogP contribution >= 0.6 is 0 Å². The predicted octanol–water partition coefficient (Wildman–Crippen LogP) is 3.32. The molecule has 1 amide bonds. The molecule has 0 saturated carbocycles. The molecule has 7 nitrogen and oxygen atoms in total. The second kappa shape index (κ2) is 9.35. The molecule has 1 atom stereocenters. The van der Waals surface area contributed by atoms with Gasteiger partial charge in [0.15, 0.2) is 0 Å². The minimum Gasteiger partial charge on any atom is -0.481 e. The molecule has 1 unspecified atom stereocenters. The molecule has 4 rings (SSSR count). The van der Waals surface area contributed by atoms with E-state index in [2.05, 4.69) is 45.3 Å². The molecular weight excluding hydrogens is 414 g/mol. The molecule has 0 N–H and O–H groups in total. The lowest BCUT2D eigenvalue weighted by molar-refractivity contribution is -0.138. The lowest BCUT2D eigenvalue weighted by Crippen LogP contribution is -2.43. The van der Waals surface area contributed by atoms with E-state index in [4.69, 9.17) is 4.74 Å². The summed E-state index contributed by atoms with van der Waals surface area (Å²) in [6, 6.07) is 12.5. The van der Waals surface area contributed by atoms with Gasteiger partial charge in [-0.15, -0.1) is 0 Å². The van der Waals surface area contributed by atoms with E-state index in [1.54, 1.807) is 22.9 Å². The SMILES string of the molecule is COc1c(CN2CCC(Cc3ccc(-c4cccnc4)cc3)(C(=O)N(C)C)C2)c(C)nn1C. The van der Waals surface area contributed by atoms with E-state index >= 15 is 0 Å². The van der Waals surface area contributed by atoms with Gasteiger partial charge >= 0.3 is 0 Å². The van der Waals surface area contributed by atoms with Crippen LogP contribution in [0.15, 0.2) is 48.8 Å². The highest BCUT2D eigenvalue weighted by atomic mass is 16.5. The molecule has 1 aliphatic rings. The second-order valence-electron chi connectivity index (χ2n) is 9.25. The zero-order valence-corrected chi connectivity index (χ0v) is 20.2. The third kappa shape index (κ3) is 4.64. The van der Waals surface area contributed by atoms with Gasteiger partial charge in [-0.3, -0.25) is 14.7 Å². The number of hydrogen-bond donors (Lipinski definition) is 0. The van der Waals surface area contributed by atoms with Crippen molar-refractivity contribution >= 4 is 5.91 Å². The topological polar surface area (TPSA) is 63.5 Å². The number of aromatic nitrogens is 3. The maximum absolute atomic E-state index is 13.4. The summed E-state index contributed by atoms with van der Waals surface area (Å²) in [5.74, 6) is 0.978.